The second-order valence-corrected chi connectivity index (χ2v) is 9.62. The van der Waals surface area contributed by atoms with E-state index in [1.807, 2.05) is 24.3 Å². The maximum atomic E-state index is 13.6. The van der Waals surface area contributed by atoms with Crippen molar-refractivity contribution in [2.45, 2.75) is 16.4 Å². The van der Waals surface area contributed by atoms with Gasteiger partial charge in [0, 0.05) is 15.6 Å². The van der Waals surface area contributed by atoms with Gasteiger partial charge in [-0.05, 0) is 36.4 Å². The molecule has 4 aromatic rings. The number of Topliss-reactive ketones (excluding diaryl/α,β-unsaturated/α-hetero) is 1. The van der Waals surface area contributed by atoms with Crippen LogP contribution in [0.15, 0.2) is 68.8 Å². The molecule has 0 radical (unpaired) electrons. The van der Waals surface area contributed by atoms with E-state index in [9.17, 15) is 4.79 Å². The molecule has 9 nitrogen and oxygen atoms in total. The van der Waals surface area contributed by atoms with Crippen molar-refractivity contribution in [2.75, 3.05) is 26.8 Å². The summed E-state index contributed by atoms with van der Waals surface area (Å²) in [4.78, 5) is 13.6. The molecule has 2 aromatic heterocycles. The van der Waals surface area contributed by atoms with E-state index < -0.39 is 11.3 Å². The summed E-state index contributed by atoms with van der Waals surface area (Å²) in [7, 11) is 4.66. The van der Waals surface area contributed by atoms with Crippen LogP contribution in [-0.4, -0.2) is 47.2 Å². The summed E-state index contributed by atoms with van der Waals surface area (Å²) in [6.07, 6.45) is 1.59. The fourth-order valence-corrected chi connectivity index (χ4v) is 5.47. The van der Waals surface area contributed by atoms with Gasteiger partial charge in [0.15, 0.2) is 23.1 Å². The molecule has 2 atom stereocenters. The second kappa shape index (κ2) is 9.67. The highest BCUT2D eigenvalue weighted by Crippen LogP contribution is 2.43. The highest BCUT2D eigenvalue weighted by Gasteiger charge is 2.40. The lowest BCUT2D eigenvalue weighted by atomic mass is 10.0. The first-order valence-electron chi connectivity index (χ1n) is 10.6. The van der Waals surface area contributed by atoms with Crippen LogP contribution in [0.4, 0.5) is 0 Å². The molecule has 0 aliphatic carbocycles. The van der Waals surface area contributed by atoms with Crippen molar-refractivity contribution in [2.24, 2.45) is 0 Å². The number of carbonyl (C=O) groups is 1. The lowest BCUT2D eigenvalue weighted by molar-refractivity contribution is 0.0977. The number of fused-ring (bicyclic) bond motifs is 1. The van der Waals surface area contributed by atoms with Gasteiger partial charge in [-0.2, -0.15) is 0 Å². The van der Waals surface area contributed by atoms with Crippen LogP contribution in [0.3, 0.4) is 0 Å². The predicted molar refractivity (Wildman–Crippen MR) is 134 cm³/mol. The average molecular weight is 557 g/mol. The summed E-state index contributed by atoms with van der Waals surface area (Å²) in [5.74, 6) is 2.57. The summed E-state index contributed by atoms with van der Waals surface area (Å²) < 4.78 is 24.7. The molecule has 180 valence electrons. The monoisotopic (exact) mass is 556 g/mol. The molecule has 2 aromatic carbocycles. The Labute approximate surface area is 213 Å². The number of ketones is 1. The van der Waals surface area contributed by atoms with E-state index >= 15 is 0 Å². The van der Waals surface area contributed by atoms with Gasteiger partial charge in [-0.25, -0.2) is 4.68 Å². The van der Waals surface area contributed by atoms with Gasteiger partial charge in [-0.15, -0.1) is 10.2 Å². The van der Waals surface area contributed by atoms with Gasteiger partial charge in [-0.1, -0.05) is 39.8 Å². The number of ether oxygens (including phenoxy) is 3. The van der Waals surface area contributed by atoms with E-state index in [-0.39, 0.29) is 5.78 Å². The van der Waals surface area contributed by atoms with E-state index in [1.54, 1.807) is 56.5 Å². The zero-order valence-electron chi connectivity index (χ0n) is 19.0. The van der Waals surface area contributed by atoms with Crippen LogP contribution < -0.4 is 19.6 Å². The average Bonchev–Trinajstić information content (AvgIpc) is 3.56. The van der Waals surface area contributed by atoms with E-state index in [1.165, 1.54) is 11.8 Å². The van der Waals surface area contributed by atoms with E-state index in [0.29, 0.717) is 45.1 Å². The molecule has 0 saturated heterocycles. The third-order valence-electron chi connectivity index (χ3n) is 5.58. The largest absolute Gasteiger partial charge is 0.493 e. The fraction of sp³-hybridized carbons (Fsp3) is 0.208. The lowest BCUT2D eigenvalue weighted by Gasteiger charge is -2.31. The molecule has 0 saturated carbocycles. The maximum absolute atomic E-state index is 13.6. The number of nitrogens with zero attached hydrogens (tertiary/aromatic N) is 3. The maximum Gasteiger partial charge on any atom is 0.211 e. The Hall–Kier alpha value is -3.44. The summed E-state index contributed by atoms with van der Waals surface area (Å²) in [5, 5.41) is 8.77. The van der Waals surface area contributed by atoms with Gasteiger partial charge in [0.2, 0.25) is 10.9 Å². The van der Waals surface area contributed by atoms with Crippen molar-refractivity contribution in [3.8, 4) is 28.6 Å². The van der Waals surface area contributed by atoms with Crippen LogP contribution in [0.2, 0.25) is 0 Å². The number of hydrogen-bond donors (Lipinski definition) is 1. The molecule has 2 unspecified atom stereocenters. The number of carbonyl (C=O) groups excluding carboxylic acids is 1. The fourth-order valence-electron chi connectivity index (χ4n) is 3.94. The standard InChI is InChI=1S/C24H21BrN4O5S/c1-31-17-11-14(12-18(32-2)21(17)33-3)23-26-27-24-29(23)28-19(16-8-5-9-34-16)22(35-24)20(30)13-6-4-7-15(25)10-13/h4-12,19,22,28H,1-3H3. The molecular weight excluding hydrogens is 536 g/mol. The molecule has 1 aliphatic heterocycles. The van der Waals surface area contributed by atoms with Crippen LogP contribution >= 0.6 is 27.7 Å². The molecule has 11 heteroatoms. The molecule has 0 spiro atoms. The van der Waals surface area contributed by atoms with Crippen LogP contribution in [0, 0.1) is 0 Å². The number of rotatable bonds is 7. The Kier molecular flexibility index (Phi) is 6.44. The number of aromatic nitrogens is 3. The molecule has 0 bridgehead atoms. The molecule has 35 heavy (non-hydrogen) atoms. The summed E-state index contributed by atoms with van der Waals surface area (Å²) in [5.41, 5.74) is 4.68. The lowest BCUT2D eigenvalue weighted by Crippen LogP contribution is -2.38. The van der Waals surface area contributed by atoms with Gasteiger partial charge in [0.05, 0.1) is 27.6 Å². The number of halogens is 1. The predicted octanol–water partition coefficient (Wildman–Crippen LogP) is 4.97. The van der Waals surface area contributed by atoms with Gasteiger partial charge >= 0.3 is 0 Å². The van der Waals surface area contributed by atoms with E-state index in [0.717, 1.165) is 4.47 Å². The minimum atomic E-state index is -0.528. The zero-order valence-corrected chi connectivity index (χ0v) is 21.4. The van der Waals surface area contributed by atoms with Crippen LogP contribution in [0.1, 0.15) is 22.2 Å². The molecule has 5 rings (SSSR count). The van der Waals surface area contributed by atoms with Crippen LogP contribution in [0.25, 0.3) is 11.4 Å². The number of hydrogen-bond acceptors (Lipinski definition) is 9. The third-order valence-corrected chi connectivity index (χ3v) is 7.29. The smallest absolute Gasteiger partial charge is 0.211 e. The molecule has 3 heterocycles. The van der Waals surface area contributed by atoms with Crippen LogP contribution in [-0.2, 0) is 0 Å². The normalized spacial score (nSPS) is 16.8. The van der Waals surface area contributed by atoms with Crippen molar-refractivity contribution in [3.05, 3.63) is 70.6 Å². The Balaban J connectivity index is 1.57. The molecule has 1 N–H and O–H groups in total. The first-order valence-corrected chi connectivity index (χ1v) is 12.2. The highest BCUT2D eigenvalue weighted by atomic mass is 79.9. The Bertz CT molecular complexity index is 1350. The third kappa shape index (κ3) is 4.25. The molecule has 0 fully saturated rings. The number of furan rings is 1. The number of nitrogens with one attached hydrogen (secondary N) is 1. The Morgan fingerprint density at radius 1 is 1.06 bits per heavy atom. The van der Waals surface area contributed by atoms with Gasteiger partial charge in [0.25, 0.3) is 0 Å². The topological polar surface area (TPSA) is 101 Å². The summed E-state index contributed by atoms with van der Waals surface area (Å²) in [6, 6.07) is 14.1. The van der Waals surface area contributed by atoms with Crippen LogP contribution in [0.5, 0.6) is 17.2 Å². The first kappa shape index (κ1) is 23.3. The van der Waals surface area contributed by atoms with E-state index in [2.05, 4.69) is 31.6 Å². The highest BCUT2D eigenvalue weighted by molar-refractivity contribution is 9.10. The Morgan fingerprint density at radius 2 is 1.83 bits per heavy atom. The Morgan fingerprint density at radius 3 is 2.46 bits per heavy atom. The minimum Gasteiger partial charge on any atom is -0.493 e. The SMILES string of the molecule is COc1cc(-c2nnc3n2NC(c2ccco2)C(C(=O)c2cccc(Br)c2)S3)cc(OC)c1OC. The van der Waals surface area contributed by atoms with Gasteiger partial charge in [-0.3, -0.25) is 4.79 Å². The van der Waals surface area contributed by atoms with Crippen molar-refractivity contribution in [1.82, 2.24) is 14.9 Å². The number of methoxy groups -OCH3 is 3. The zero-order chi connectivity index (χ0) is 24.5. The van der Waals surface area contributed by atoms with E-state index in [4.69, 9.17) is 18.6 Å². The van der Waals surface area contributed by atoms with Crippen molar-refractivity contribution in [1.29, 1.82) is 0 Å². The number of benzene rings is 2. The molecular formula is C24H21BrN4O5S. The quantitative estimate of drug-likeness (QED) is 0.316. The first-order chi connectivity index (χ1) is 17.0. The molecule has 0 amide bonds. The van der Waals surface area contributed by atoms with Crippen molar-refractivity contribution >= 4 is 33.5 Å². The minimum absolute atomic E-state index is 0.0474. The number of thioether (sulfide) groups is 1. The van der Waals surface area contributed by atoms with Crippen molar-refractivity contribution < 1.29 is 23.4 Å². The second-order valence-electron chi connectivity index (χ2n) is 7.59. The van der Waals surface area contributed by atoms with Gasteiger partial charge < -0.3 is 24.1 Å². The van der Waals surface area contributed by atoms with Gasteiger partial charge in [0.1, 0.15) is 17.1 Å². The molecule has 1 aliphatic rings. The summed E-state index contributed by atoms with van der Waals surface area (Å²) >= 11 is 4.78. The summed E-state index contributed by atoms with van der Waals surface area (Å²) in [6.45, 7) is 0. The van der Waals surface area contributed by atoms with Crippen molar-refractivity contribution in [3.63, 3.8) is 0 Å².